The van der Waals surface area contributed by atoms with Gasteiger partial charge in [-0.25, -0.2) is 13.1 Å². The number of unbranched alkanes of at least 4 members (excludes halogenated alkanes) is 4. The largest absolute Gasteiger partial charge is 0.332 e. The van der Waals surface area contributed by atoms with Crippen LogP contribution in [0.15, 0.2) is 29.2 Å². The second-order valence-electron chi connectivity index (χ2n) is 7.55. The van der Waals surface area contributed by atoms with Crippen molar-refractivity contribution in [2.24, 2.45) is 0 Å². The first-order valence-corrected chi connectivity index (χ1v) is 11.2. The van der Waals surface area contributed by atoms with Gasteiger partial charge in [0.2, 0.25) is 15.9 Å². The predicted molar refractivity (Wildman–Crippen MR) is 114 cm³/mol. The van der Waals surface area contributed by atoms with Crippen LogP contribution in [-0.2, 0) is 14.8 Å². The Hall–Kier alpha value is -1.51. The molecule has 27 heavy (non-hydrogen) atoms. The highest BCUT2D eigenvalue weighted by Crippen LogP contribution is 2.16. The standard InChI is InChI=1S/C19H31N3O3S2/c1-5-6-7-8-9-10-17(23)21-18(26)20-15-11-13-16(14-12-15)27(24,25)22-19(2,3)4/h11-14,22H,5-10H2,1-4H3,(H2,20,21,23,26). The topological polar surface area (TPSA) is 87.3 Å². The number of sulfonamides is 1. The van der Waals surface area contributed by atoms with Crippen molar-refractivity contribution in [2.45, 2.75) is 76.7 Å². The minimum atomic E-state index is -3.58. The summed E-state index contributed by atoms with van der Waals surface area (Å²) in [7, 11) is -3.58. The molecular formula is C19H31N3O3S2. The van der Waals surface area contributed by atoms with Gasteiger partial charge in [-0.1, -0.05) is 32.6 Å². The Bertz CT molecular complexity index is 724. The van der Waals surface area contributed by atoms with E-state index in [2.05, 4.69) is 22.3 Å². The number of hydrogen-bond acceptors (Lipinski definition) is 4. The van der Waals surface area contributed by atoms with Gasteiger partial charge in [0.25, 0.3) is 0 Å². The number of hydrogen-bond donors (Lipinski definition) is 3. The lowest BCUT2D eigenvalue weighted by atomic mass is 10.1. The molecule has 0 saturated heterocycles. The fourth-order valence-corrected chi connectivity index (χ4v) is 4.07. The molecule has 0 fully saturated rings. The van der Waals surface area contributed by atoms with E-state index in [1.54, 1.807) is 32.9 Å². The Morgan fingerprint density at radius 1 is 1.04 bits per heavy atom. The minimum Gasteiger partial charge on any atom is -0.332 e. The Morgan fingerprint density at radius 2 is 1.63 bits per heavy atom. The van der Waals surface area contributed by atoms with Crippen molar-refractivity contribution < 1.29 is 13.2 Å². The van der Waals surface area contributed by atoms with Gasteiger partial charge in [0.05, 0.1) is 4.90 Å². The van der Waals surface area contributed by atoms with Gasteiger partial charge in [0, 0.05) is 17.6 Å². The van der Waals surface area contributed by atoms with Gasteiger partial charge in [-0.2, -0.15) is 0 Å². The van der Waals surface area contributed by atoms with E-state index in [1.807, 2.05) is 0 Å². The van der Waals surface area contributed by atoms with Crippen molar-refractivity contribution in [3.63, 3.8) is 0 Å². The van der Waals surface area contributed by atoms with Crippen LogP contribution in [0.2, 0.25) is 0 Å². The molecule has 0 aliphatic carbocycles. The van der Waals surface area contributed by atoms with Crippen LogP contribution in [0.1, 0.15) is 66.2 Å². The quantitative estimate of drug-likeness (QED) is 0.422. The van der Waals surface area contributed by atoms with E-state index >= 15 is 0 Å². The molecule has 0 heterocycles. The Labute approximate surface area is 168 Å². The summed E-state index contributed by atoms with van der Waals surface area (Å²) >= 11 is 5.14. The molecule has 1 amide bonds. The summed E-state index contributed by atoms with van der Waals surface area (Å²) in [6.45, 7) is 7.50. The highest BCUT2D eigenvalue weighted by Gasteiger charge is 2.21. The van der Waals surface area contributed by atoms with E-state index < -0.39 is 15.6 Å². The molecule has 0 radical (unpaired) electrons. The van der Waals surface area contributed by atoms with Crippen LogP contribution in [0.25, 0.3) is 0 Å². The van der Waals surface area contributed by atoms with E-state index in [-0.39, 0.29) is 15.9 Å². The van der Waals surface area contributed by atoms with Gasteiger partial charge in [-0.15, -0.1) is 0 Å². The van der Waals surface area contributed by atoms with E-state index in [1.165, 1.54) is 25.0 Å². The molecule has 1 rings (SSSR count). The summed E-state index contributed by atoms with van der Waals surface area (Å²) in [6.07, 6.45) is 5.85. The molecule has 152 valence electrons. The first-order chi connectivity index (χ1) is 12.5. The lowest BCUT2D eigenvalue weighted by molar-refractivity contribution is -0.119. The monoisotopic (exact) mass is 413 g/mol. The number of carbonyl (C=O) groups excluding carboxylic acids is 1. The fourth-order valence-electron chi connectivity index (χ4n) is 2.42. The molecule has 0 aliphatic rings. The maximum Gasteiger partial charge on any atom is 0.241 e. The Balaban J connectivity index is 2.51. The summed E-state index contributed by atoms with van der Waals surface area (Å²) in [6, 6.07) is 6.21. The molecule has 3 N–H and O–H groups in total. The van der Waals surface area contributed by atoms with Crippen molar-refractivity contribution in [1.29, 1.82) is 0 Å². The fraction of sp³-hybridized carbons (Fsp3) is 0.579. The van der Waals surface area contributed by atoms with Crippen molar-refractivity contribution in [2.75, 3.05) is 5.32 Å². The summed E-state index contributed by atoms with van der Waals surface area (Å²) in [5, 5.41) is 5.75. The zero-order chi connectivity index (χ0) is 20.5. The average Bonchev–Trinajstić information content (AvgIpc) is 2.52. The number of amides is 1. The summed E-state index contributed by atoms with van der Waals surface area (Å²) < 4.78 is 27.2. The third-order valence-electron chi connectivity index (χ3n) is 3.62. The zero-order valence-electron chi connectivity index (χ0n) is 16.6. The zero-order valence-corrected chi connectivity index (χ0v) is 18.2. The molecule has 1 aromatic carbocycles. The third kappa shape index (κ3) is 9.83. The van der Waals surface area contributed by atoms with Gasteiger partial charge >= 0.3 is 0 Å². The molecule has 1 aromatic rings. The summed E-state index contributed by atoms with van der Waals surface area (Å²) in [5.74, 6) is -0.113. The van der Waals surface area contributed by atoms with Crippen molar-refractivity contribution in [1.82, 2.24) is 10.0 Å². The van der Waals surface area contributed by atoms with Gasteiger partial charge in [0.1, 0.15) is 0 Å². The molecule has 0 spiro atoms. The van der Waals surface area contributed by atoms with E-state index in [4.69, 9.17) is 12.2 Å². The van der Waals surface area contributed by atoms with Crippen molar-refractivity contribution >= 4 is 38.9 Å². The second kappa shape index (κ2) is 10.7. The van der Waals surface area contributed by atoms with Crippen LogP contribution in [0.5, 0.6) is 0 Å². The van der Waals surface area contributed by atoms with E-state index in [0.29, 0.717) is 12.1 Å². The minimum absolute atomic E-state index is 0.113. The van der Waals surface area contributed by atoms with Gasteiger partial charge < -0.3 is 10.6 Å². The third-order valence-corrected chi connectivity index (χ3v) is 5.60. The molecule has 6 nitrogen and oxygen atoms in total. The number of carbonyl (C=O) groups is 1. The SMILES string of the molecule is CCCCCCCC(=O)NC(=S)Nc1ccc(S(=O)(=O)NC(C)(C)C)cc1. The number of anilines is 1. The molecule has 8 heteroatoms. The van der Waals surface area contributed by atoms with Crippen molar-refractivity contribution in [3.8, 4) is 0 Å². The average molecular weight is 414 g/mol. The maximum absolute atomic E-state index is 12.3. The molecule has 0 aliphatic heterocycles. The highest BCUT2D eigenvalue weighted by atomic mass is 32.2. The summed E-state index contributed by atoms with van der Waals surface area (Å²) in [5.41, 5.74) is 0.0518. The number of rotatable bonds is 9. The van der Waals surface area contributed by atoms with Gasteiger partial charge in [-0.05, 0) is 63.7 Å². The van der Waals surface area contributed by atoms with Crippen LogP contribution in [0, 0.1) is 0 Å². The lowest BCUT2D eigenvalue weighted by Gasteiger charge is -2.20. The Kier molecular flexibility index (Phi) is 9.35. The normalized spacial score (nSPS) is 11.9. The van der Waals surface area contributed by atoms with E-state index in [0.717, 1.165) is 19.3 Å². The number of nitrogens with one attached hydrogen (secondary N) is 3. The molecule has 0 atom stereocenters. The maximum atomic E-state index is 12.3. The van der Waals surface area contributed by atoms with Crippen LogP contribution < -0.4 is 15.4 Å². The molecule has 0 unspecified atom stereocenters. The van der Waals surface area contributed by atoms with Crippen LogP contribution in [-0.4, -0.2) is 25.0 Å². The van der Waals surface area contributed by atoms with Crippen LogP contribution in [0.3, 0.4) is 0 Å². The smallest absolute Gasteiger partial charge is 0.241 e. The van der Waals surface area contributed by atoms with E-state index in [9.17, 15) is 13.2 Å². The van der Waals surface area contributed by atoms with Crippen LogP contribution >= 0.6 is 12.2 Å². The van der Waals surface area contributed by atoms with Gasteiger partial charge in [-0.3, -0.25) is 4.79 Å². The molecular weight excluding hydrogens is 382 g/mol. The summed E-state index contributed by atoms with van der Waals surface area (Å²) in [4.78, 5) is 12.0. The van der Waals surface area contributed by atoms with Crippen molar-refractivity contribution in [3.05, 3.63) is 24.3 Å². The number of thiocarbonyl (C=S) groups is 1. The lowest BCUT2D eigenvalue weighted by Crippen LogP contribution is -2.40. The molecule has 0 bridgehead atoms. The Morgan fingerprint density at radius 3 is 2.19 bits per heavy atom. The predicted octanol–water partition coefficient (Wildman–Crippen LogP) is 3.94. The first-order valence-electron chi connectivity index (χ1n) is 9.28. The second-order valence-corrected chi connectivity index (χ2v) is 9.64. The molecule has 0 saturated carbocycles. The van der Waals surface area contributed by atoms with Crippen LogP contribution in [0.4, 0.5) is 5.69 Å². The first kappa shape index (κ1) is 23.5. The number of benzene rings is 1. The highest BCUT2D eigenvalue weighted by molar-refractivity contribution is 7.89. The molecule has 0 aromatic heterocycles. The van der Waals surface area contributed by atoms with Gasteiger partial charge in [0.15, 0.2) is 5.11 Å².